The van der Waals surface area contributed by atoms with Crippen LogP contribution in [-0.4, -0.2) is 34.8 Å². The second-order valence-corrected chi connectivity index (χ2v) is 9.51. The van der Waals surface area contributed by atoms with Gasteiger partial charge in [-0.25, -0.2) is 9.59 Å². The van der Waals surface area contributed by atoms with Crippen molar-refractivity contribution < 1.29 is 23.9 Å². The molecule has 2 saturated carbocycles. The number of amides is 4. The first kappa shape index (κ1) is 23.1. The lowest BCUT2D eigenvalue weighted by Gasteiger charge is -2.35. The topological polar surface area (TPSA) is 92.8 Å². The van der Waals surface area contributed by atoms with Crippen LogP contribution in [0.3, 0.4) is 0 Å². The van der Waals surface area contributed by atoms with E-state index < -0.39 is 23.8 Å². The average molecular weight is 491 g/mol. The van der Waals surface area contributed by atoms with Gasteiger partial charge in [-0.3, -0.25) is 19.8 Å². The summed E-state index contributed by atoms with van der Waals surface area (Å²) >= 11 is 5.87. The highest BCUT2D eigenvalue weighted by atomic mass is 35.5. The second kappa shape index (κ2) is 9.50. The number of barbiturate groups is 1. The number of carbonyl (C=O) groups excluding carboxylic acids is 4. The van der Waals surface area contributed by atoms with Crippen LogP contribution in [0.4, 0.5) is 4.79 Å². The Morgan fingerprint density at radius 3 is 2.51 bits per heavy atom. The number of halogens is 1. The van der Waals surface area contributed by atoms with Crippen molar-refractivity contribution in [3.05, 3.63) is 76.3 Å². The summed E-state index contributed by atoms with van der Waals surface area (Å²) in [6, 6.07) is 12.7. The first-order chi connectivity index (χ1) is 16.9. The third-order valence-electron chi connectivity index (χ3n) is 6.88. The maximum Gasteiger partial charge on any atom is 0.336 e. The number of imide groups is 2. The SMILES string of the molecule is O=C(/C=C/c1ccc(Cl)cc1)Oc1ccccc1/C=C1/C(=O)NC(=O)N([C@@H]2C[C@H]3CC[C@H]2C3)C1=O. The highest BCUT2D eigenvalue weighted by Gasteiger charge is 2.49. The van der Waals surface area contributed by atoms with Crippen LogP contribution < -0.4 is 10.1 Å². The van der Waals surface area contributed by atoms with Crippen LogP contribution >= 0.6 is 11.6 Å². The first-order valence-electron chi connectivity index (χ1n) is 11.5. The van der Waals surface area contributed by atoms with Gasteiger partial charge in [0.25, 0.3) is 11.8 Å². The van der Waals surface area contributed by atoms with Crippen molar-refractivity contribution in [1.29, 1.82) is 0 Å². The molecule has 35 heavy (non-hydrogen) atoms. The molecule has 4 amide bonds. The molecule has 1 heterocycles. The minimum atomic E-state index is -0.761. The van der Waals surface area contributed by atoms with Crippen LogP contribution in [-0.2, 0) is 14.4 Å². The zero-order valence-corrected chi connectivity index (χ0v) is 19.5. The molecule has 3 atom stereocenters. The normalized spacial score (nSPS) is 24.9. The van der Waals surface area contributed by atoms with E-state index in [1.54, 1.807) is 54.6 Å². The fourth-order valence-electron chi connectivity index (χ4n) is 5.23. The van der Waals surface area contributed by atoms with Crippen molar-refractivity contribution in [2.24, 2.45) is 11.8 Å². The summed E-state index contributed by atoms with van der Waals surface area (Å²) in [5.41, 5.74) is 0.991. The number of rotatable bonds is 5. The van der Waals surface area contributed by atoms with Gasteiger partial charge >= 0.3 is 12.0 Å². The summed E-state index contributed by atoms with van der Waals surface area (Å²) in [6.45, 7) is 0. The molecule has 2 aromatic carbocycles. The van der Waals surface area contributed by atoms with Crippen LogP contribution in [0.1, 0.15) is 36.8 Å². The summed E-state index contributed by atoms with van der Waals surface area (Å²) in [7, 11) is 0. The molecule has 2 aliphatic carbocycles. The molecule has 8 heteroatoms. The number of esters is 1. The molecule has 178 valence electrons. The maximum atomic E-state index is 13.3. The summed E-state index contributed by atoms with van der Waals surface area (Å²) in [5, 5.41) is 2.89. The fourth-order valence-corrected chi connectivity index (χ4v) is 5.35. The van der Waals surface area contributed by atoms with E-state index in [9.17, 15) is 19.2 Å². The number of para-hydroxylation sites is 1. The van der Waals surface area contributed by atoms with Gasteiger partial charge in [0.1, 0.15) is 11.3 Å². The highest BCUT2D eigenvalue weighted by Crippen LogP contribution is 2.47. The number of fused-ring (bicyclic) bond motifs is 2. The van der Waals surface area contributed by atoms with E-state index >= 15 is 0 Å². The molecule has 3 aliphatic rings. The van der Waals surface area contributed by atoms with Crippen molar-refractivity contribution in [2.45, 2.75) is 31.7 Å². The zero-order chi connectivity index (χ0) is 24.5. The van der Waals surface area contributed by atoms with Gasteiger partial charge in [0.2, 0.25) is 0 Å². The Labute approximate surface area is 207 Å². The van der Waals surface area contributed by atoms with Gasteiger partial charge in [-0.15, -0.1) is 0 Å². The van der Waals surface area contributed by atoms with E-state index in [1.165, 1.54) is 17.1 Å². The van der Waals surface area contributed by atoms with Crippen molar-refractivity contribution in [3.63, 3.8) is 0 Å². The molecule has 0 radical (unpaired) electrons. The number of ether oxygens (including phenoxy) is 1. The fraction of sp³-hybridized carbons (Fsp3) is 0.259. The van der Waals surface area contributed by atoms with Crippen LogP contribution in [0.5, 0.6) is 5.75 Å². The van der Waals surface area contributed by atoms with Gasteiger partial charge in [-0.1, -0.05) is 48.4 Å². The maximum absolute atomic E-state index is 13.3. The lowest BCUT2D eigenvalue weighted by Crippen LogP contribution is -2.58. The minimum Gasteiger partial charge on any atom is -0.423 e. The lowest BCUT2D eigenvalue weighted by molar-refractivity contribution is -0.132. The van der Waals surface area contributed by atoms with Crippen molar-refractivity contribution >= 4 is 47.6 Å². The molecule has 7 nitrogen and oxygen atoms in total. The van der Waals surface area contributed by atoms with Crippen LogP contribution in [0.2, 0.25) is 5.02 Å². The van der Waals surface area contributed by atoms with Gasteiger partial charge in [0, 0.05) is 22.7 Å². The van der Waals surface area contributed by atoms with E-state index in [0.717, 1.165) is 31.2 Å². The molecule has 1 aliphatic heterocycles. The van der Waals surface area contributed by atoms with Gasteiger partial charge in [0.05, 0.1) is 0 Å². The van der Waals surface area contributed by atoms with Crippen molar-refractivity contribution in [1.82, 2.24) is 10.2 Å². The summed E-state index contributed by atoms with van der Waals surface area (Å²) < 4.78 is 5.47. The second-order valence-electron chi connectivity index (χ2n) is 9.08. The van der Waals surface area contributed by atoms with Crippen molar-refractivity contribution in [2.75, 3.05) is 0 Å². The number of urea groups is 1. The number of hydrogen-bond donors (Lipinski definition) is 1. The molecule has 0 spiro atoms. The lowest BCUT2D eigenvalue weighted by atomic mass is 9.93. The Hall–Kier alpha value is -3.71. The van der Waals surface area contributed by atoms with Gasteiger partial charge in [-0.2, -0.15) is 0 Å². The third kappa shape index (κ3) is 4.77. The van der Waals surface area contributed by atoms with E-state index in [2.05, 4.69) is 5.32 Å². The minimum absolute atomic E-state index is 0.160. The predicted octanol–water partition coefficient (Wildman–Crippen LogP) is 4.61. The number of carbonyl (C=O) groups is 4. The molecule has 0 aromatic heterocycles. The Morgan fingerprint density at radius 2 is 1.80 bits per heavy atom. The molecule has 3 fully saturated rings. The molecule has 0 unspecified atom stereocenters. The monoisotopic (exact) mass is 490 g/mol. The number of hydrogen-bond acceptors (Lipinski definition) is 5. The van der Waals surface area contributed by atoms with Gasteiger partial charge < -0.3 is 4.74 Å². The summed E-state index contributed by atoms with van der Waals surface area (Å²) in [6.07, 6.45) is 8.14. The molecular weight excluding hydrogens is 468 g/mol. The molecular formula is C27H23ClN2O5. The summed E-state index contributed by atoms with van der Waals surface area (Å²) in [5.74, 6) is -0.997. The quantitative estimate of drug-likeness (QED) is 0.286. The molecule has 2 bridgehead atoms. The van der Waals surface area contributed by atoms with E-state index in [4.69, 9.17) is 16.3 Å². The number of nitrogens with one attached hydrogen (secondary N) is 1. The standard InChI is InChI=1S/C27H23ClN2O5/c28-20-10-6-16(7-11-20)8-12-24(31)35-23-4-2-1-3-19(23)15-21-25(32)29-27(34)30(26(21)33)22-14-17-5-9-18(22)13-17/h1-4,6-8,10-12,15,17-18,22H,5,9,13-14H2,(H,29,32,34)/b12-8+,21-15-/t17-,18-,22+/m0/s1. The number of nitrogens with zero attached hydrogens (tertiary/aromatic N) is 1. The zero-order valence-electron chi connectivity index (χ0n) is 18.8. The van der Waals surface area contributed by atoms with Gasteiger partial charge in [-0.05, 0) is 67.0 Å². The molecule has 2 aromatic rings. The van der Waals surface area contributed by atoms with E-state index in [-0.39, 0.29) is 23.3 Å². The summed E-state index contributed by atoms with van der Waals surface area (Å²) in [4.78, 5) is 52.0. The smallest absolute Gasteiger partial charge is 0.336 e. The predicted molar refractivity (Wildman–Crippen MR) is 130 cm³/mol. The third-order valence-corrected chi connectivity index (χ3v) is 7.13. The molecule has 1 saturated heterocycles. The first-order valence-corrected chi connectivity index (χ1v) is 11.9. The largest absolute Gasteiger partial charge is 0.423 e. The van der Waals surface area contributed by atoms with Crippen LogP contribution in [0, 0.1) is 11.8 Å². The Morgan fingerprint density at radius 1 is 1.03 bits per heavy atom. The van der Waals surface area contributed by atoms with E-state index in [1.807, 2.05) is 0 Å². The number of benzene rings is 2. The Kier molecular flexibility index (Phi) is 6.26. The van der Waals surface area contributed by atoms with Crippen LogP contribution in [0.25, 0.3) is 12.2 Å². The molecule has 5 rings (SSSR count). The Balaban J connectivity index is 1.36. The van der Waals surface area contributed by atoms with Crippen molar-refractivity contribution in [3.8, 4) is 5.75 Å². The Bertz CT molecular complexity index is 1270. The highest BCUT2D eigenvalue weighted by molar-refractivity contribution is 6.31. The molecule has 1 N–H and O–H groups in total. The average Bonchev–Trinajstić information content (AvgIpc) is 3.46. The van der Waals surface area contributed by atoms with Gasteiger partial charge in [0.15, 0.2) is 0 Å². The van der Waals surface area contributed by atoms with E-state index in [0.29, 0.717) is 16.5 Å². The van der Waals surface area contributed by atoms with Crippen LogP contribution in [0.15, 0.2) is 60.2 Å².